The summed E-state index contributed by atoms with van der Waals surface area (Å²) in [5, 5.41) is 0. The van der Waals surface area contributed by atoms with Gasteiger partial charge in [0.25, 0.3) is 0 Å². The van der Waals surface area contributed by atoms with E-state index in [4.69, 9.17) is 9.47 Å². The van der Waals surface area contributed by atoms with E-state index in [1.807, 2.05) is 0 Å². The maximum Gasteiger partial charge on any atom is 0.306 e. The average molecular weight is 667 g/mol. The number of carbonyl (C=O) groups is 2. The van der Waals surface area contributed by atoms with Crippen LogP contribution in [0.3, 0.4) is 0 Å². The van der Waals surface area contributed by atoms with Gasteiger partial charge in [0, 0.05) is 12.8 Å². The van der Waals surface area contributed by atoms with E-state index in [1.165, 1.54) is 141 Å². The van der Waals surface area contributed by atoms with Crippen LogP contribution in [0.2, 0.25) is 0 Å². The fourth-order valence-corrected chi connectivity index (χ4v) is 6.62. The van der Waals surface area contributed by atoms with Crippen molar-refractivity contribution in [2.75, 3.05) is 34.3 Å². The van der Waals surface area contributed by atoms with Crippen LogP contribution in [-0.2, 0) is 19.1 Å². The fourth-order valence-electron chi connectivity index (χ4n) is 6.62. The zero-order valence-electron chi connectivity index (χ0n) is 32.9. The second kappa shape index (κ2) is 33.4. The van der Waals surface area contributed by atoms with Crippen LogP contribution in [0, 0.1) is 5.92 Å². The number of quaternary nitrogens is 1. The lowest BCUT2D eigenvalue weighted by Gasteiger charge is -2.23. The third-order valence-corrected chi connectivity index (χ3v) is 9.77. The van der Waals surface area contributed by atoms with Crippen molar-refractivity contribution in [1.29, 1.82) is 0 Å². The SMILES string of the molecule is CCCCCCCCCCC(CCCCCCC(=O)OC(CCCCCCC)CCCCCCC)CCOC(=O)CCC[N+](C)(C)C. The number of unbranched alkanes of at least 4 members (excludes halogenated alkanes) is 18. The predicted octanol–water partition coefficient (Wildman–Crippen LogP) is 12.5. The molecule has 0 aliphatic carbocycles. The number of nitrogens with zero attached hydrogens (tertiary/aromatic N) is 1. The molecule has 0 saturated carbocycles. The Balaban J connectivity index is 4.45. The van der Waals surface area contributed by atoms with Crippen molar-refractivity contribution in [2.24, 2.45) is 5.92 Å². The molecule has 0 aliphatic heterocycles. The van der Waals surface area contributed by atoms with Crippen LogP contribution in [0.5, 0.6) is 0 Å². The van der Waals surface area contributed by atoms with Crippen molar-refractivity contribution in [2.45, 2.75) is 219 Å². The molecule has 47 heavy (non-hydrogen) atoms. The minimum atomic E-state index is -0.0357. The first-order chi connectivity index (χ1) is 22.7. The highest BCUT2D eigenvalue weighted by atomic mass is 16.5. The molecule has 0 spiro atoms. The maximum absolute atomic E-state index is 12.7. The highest BCUT2D eigenvalue weighted by molar-refractivity contribution is 5.69. The van der Waals surface area contributed by atoms with Gasteiger partial charge in [0.05, 0.1) is 40.7 Å². The van der Waals surface area contributed by atoms with Crippen LogP contribution in [0.25, 0.3) is 0 Å². The third-order valence-electron chi connectivity index (χ3n) is 9.77. The van der Waals surface area contributed by atoms with Gasteiger partial charge in [-0.2, -0.15) is 0 Å². The topological polar surface area (TPSA) is 52.6 Å². The molecule has 0 fully saturated rings. The molecule has 0 aliphatic rings. The summed E-state index contributed by atoms with van der Waals surface area (Å²) in [6.07, 6.45) is 35.5. The summed E-state index contributed by atoms with van der Waals surface area (Å²) in [7, 11) is 6.49. The second-order valence-electron chi connectivity index (χ2n) is 15.7. The minimum Gasteiger partial charge on any atom is -0.466 e. The van der Waals surface area contributed by atoms with Crippen LogP contribution in [0.1, 0.15) is 213 Å². The molecule has 1 unspecified atom stereocenters. The van der Waals surface area contributed by atoms with E-state index < -0.39 is 0 Å². The average Bonchev–Trinajstić information content (AvgIpc) is 3.02. The lowest BCUT2D eigenvalue weighted by Crippen LogP contribution is -2.35. The Kier molecular flexibility index (Phi) is 32.6. The van der Waals surface area contributed by atoms with Crippen molar-refractivity contribution < 1.29 is 23.5 Å². The molecule has 0 amide bonds. The predicted molar refractivity (Wildman–Crippen MR) is 203 cm³/mol. The van der Waals surface area contributed by atoms with E-state index in [-0.39, 0.29) is 18.0 Å². The molecule has 0 N–H and O–H groups in total. The lowest BCUT2D eigenvalue weighted by atomic mass is 9.91. The van der Waals surface area contributed by atoms with Gasteiger partial charge in [0.1, 0.15) is 6.10 Å². The van der Waals surface area contributed by atoms with Crippen molar-refractivity contribution in [3.8, 4) is 0 Å². The summed E-state index contributed by atoms with van der Waals surface area (Å²) in [4.78, 5) is 25.0. The summed E-state index contributed by atoms with van der Waals surface area (Å²) in [5.74, 6) is 0.619. The first-order valence-corrected chi connectivity index (χ1v) is 20.9. The first kappa shape index (κ1) is 45.9. The quantitative estimate of drug-likeness (QED) is 0.0379. The third kappa shape index (κ3) is 34.6. The Morgan fingerprint density at radius 1 is 0.468 bits per heavy atom. The number of ether oxygens (including phenoxy) is 2. The summed E-state index contributed by atoms with van der Waals surface area (Å²) < 4.78 is 12.6. The van der Waals surface area contributed by atoms with Gasteiger partial charge in [0.15, 0.2) is 0 Å². The Bertz CT molecular complexity index is 675. The van der Waals surface area contributed by atoms with E-state index in [1.54, 1.807) is 0 Å². The van der Waals surface area contributed by atoms with Crippen LogP contribution in [0.15, 0.2) is 0 Å². The van der Waals surface area contributed by atoms with Crippen molar-refractivity contribution in [3.63, 3.8) is 0 Å². The molecular weight excluding hydrogens is 582 g/mol. The molecule has 5 nitrogen and oxygen atoms in total. The Morgan fingerprint density at radius 2 is 0.872 bits per heavy atom. The van der Waals surface area contributed by atoms with E-state index >= 15 is 0 Å². The van der Waals surface area contributed by atoms with Gasteiger partial charge in [0.2, 0.25) is 0 Å². The van der Waals surface area contributed by atoms with Gasteiger partial charge in [-0.15, -0.1) is 0 Å². The zero-order chi connectivity index (χ0) is 34.9. The normalized spacial score (nSPS) is 12.5. The molecule has 1 atom stereocenters. The smallest absolute Gasteiger partial charge is 0.306 e. The lowest BCUT2D eigenvalue weighted by molar-refractivity contribution is -0.870. The highest BCUT2D eigenvalue weighted by Crippen LogP contribution is 2.23. The molecule has 0 aromatic carbocycles. The molecule has 5 heteroatoms. The van der Waals surface area contributed by atoms with Crippen LogP contribution in [-0.4, -0.2) is 56.8 Å². The number of esters is 2. The van der Waals surface area contributed by atoms with Gasteiger partial charge < -0.3 is 14.0 Å². The number of hydrogen-bond acceptors (Lipinski definition) is 4. The molecule has 0 saturated heterocycles. The van der Waals surface area contributed by atoms with E-state index in [0.717, 1.165) is 49.6 Å². The second-order valence-corrected chi connectivity index (χ2v) is 15.7. The Labute approximate surface area is 294 Å². The maximum atomic E-state index is 12.7. The van der Waals surface area contributed by atoms with Crippen LogP contribution in [0.4, 0.5) is 0 Å². The van der Waals surface area contributed by atoms with Gasteiger partial charge >= 0.3 is 11.9 Å². The van der Waals surface area contributed by atoms with Crippen molar-refractivity contribution >= 4 is 11.9 Å². The van der Waals surface area contributed by atoms with Gasteiger partial charge in [-0.05, 0) is 44.4 Å². The number of hydrogen-bond donors (Lipinski definition) is 0. The molecule has 0 bridgehead atoms. The van der Waals surface area contributed by atoms with Gasteiger partial charge in [-0.1, -0.05) is 156 Å². The van der Waals surface area contributed by atoms with Crippen LogP contribution < -0.4 is 0 Å². The van der Waals surface area contributed by atoms with E-state index in [0.29, 0.717) is 25.4 Å². The van der Waals surface area contributed by atoms with Crippen LogP contribution >= 0.6 is 0 Å². The minimum absolute atomic E-state index is 0.0212. The first-order valence-electron chi connectivity index (χ1n) is 20.9. The molecule has 0 aromatic rings. The Morgan fingerprint density at radius 3 is 1.34 bits per heavy atom. The van der Waals surface area contributed by atoms with Crippen molar-refractivity contribution in [3.05, 3.63) is 0 Å². The largest absolute Gasteiger partial charge is 0.466 e. The molecule has 280 valence electrons. The van der Waals surface area contributed by atoms with E-state index in [2.05, 4.69) is 41.9 Å². The molecule has 0 radical (unpaired) electrons. The monoisotopic (exact) mass is 667 g/mol. The summed E-state index contributed by atoms with van der Waals surface area (Å²) in [6, 6.07) is 0. The molecule has 0 rings (SSSR count). The zero-order valence-corrected chi connectivity index (χ0v) is 32.9. The van der Waals surface area contributed by atoms with E-state index in [9.17, 15) is 9.59 Å². The molecular formula is C42H84NO4+. The molecule has 0 aromatic heterocycles. The standard InChI is InChI=1S/C42H84NO4/c1-7-10-13-16-17-18-21-24-30-39(36-38-46-41(44)35-29-37-43(4,5)6)31-25-22-23-28-34-42(45)47-40(32-26-19-14-11-8-2)33-27-20-15-12-9-3/h39-40H,7-38H2,1-6H3/q+1. The Hall–Kier alpha value is -1.10. The summed E-state index contributed by atoms with van der Waals surface area (Å²) in [5.41, 5.74) is 0. The number of rotatable bonds is 36. The fraction of sp³-hybridized carbons (Fsp3) is 0.952. The summed E-state index contributed by atoms with van der Waals surface area (Å²) in [6.45, 7) is 8.35. The van der Waals surface area contributed by atoms with Gasteiger partial charge in [-0.25, -0.2) is 0 Å². The van der Waals surface area contributed by atoms with Gasteiger partial charge in [-0.3, -0.25) is 9.59 Å². The molecule has 0 heterocycles. The van der Waals surface area contributed by atoms with Crippen molar-refractivity contribution in [1.82, 2.24) is 0 Å². The highest BCUT2D eigenvalue weighted by Gasteiger charge is 2.15. The summed E-state index contributed by atoms with van der Waals surface area (Å²) >= 11 is 0. The number of carbonyl (C=O) groups excluding carboxylic acids is 2.